The Morgan fingerprint density at radius 2 is 0.506 bits per heavy atom. The van der Waals surface area contributed by atoms with E-state index in [0.717, 1.165) is 109 Å². The van der Waals surface area contributed by atoms with E-state index in [-0.39, 0.29) is 37.5 Å². The second kappa shape index (κ2) is 64.6. The second-order valence-corrected chi connectivity index (χ2v) is 21.3. The molecule has 1 atom stereocenters. The van der Waals surface area contributed by atoms with Crippen molar-refractivity contribution in [2.45, 2.75) is 309 Å². The molecule has 0 aliphatic heterocycles. The van der Waals surface area contributed by atoms with E-state index in [0.29, 0.717) is 19.3 Å². The van der Waals surface area contributed by atoms with Gasteiger partial charge in [-0.2, -0.15) is 0 Å². The minimum Gasteiger partial charge on any atom is -0.462 e. The number of carbonyl (C=O) groups is 3. The SMILES string of the molecule is CC/C=C\C/C=C\C/C=C\C/C=C\C/C=C\C/C=C\CCCCC(=O)OC(COC(=O)CCCCCCC/C=C\CCCCCC)COC(=O)CCCCCCCCCCCCCCC/C=C\C/C=C\CCCCCCC. The molecule has 0 heterocycles. The highest BCUT2D eigenvalue weighted by Gasteiger charge is 2.19. The first-order valence-electron chi connectivity index (χ1n) is 32.4. The molecule has 0 radical (unpaired) electrons. The van der Waals surface area contributed by atoms with Crippen molar-refractivity contribution >= 4 is 17.9 Å². The molecule has 0 spiro atoms. The maximum Gasteiger partial charge on any atom is 0.306 e. The monoisotopic (exact) mass is 1070 g/mol. The molecule has 6 nitrogen and oxygen atoms in total. The van der Waals surface area contributed by atoms with Gasteiger partial charge in [0.2, 0.25) is 0 Å². The fourth-order valence-electron chi connectivity index (χ4n) is 8.88. The molecule has 0 aliphatic rings. The maximum atomic E-state index is 12.9. The number of esters is 3. The van der Waals surface area contributed by atoms with E-state index < -0.39 is 6.10 Å². The fraction of sp³-hybridized carbons (Fsp3) is 0.704. The minimum atomic E-state index is -0.807. The summed E-state index contributed by atoms with van der Waals surface area (Å²) in [6.07, 6.45) is 88.1. The molecule has 6 heteroatoms. The van der Waals surface area contributed by atoms with Gasteiger partial charge in [-0.1, -0.05) is 265 Å². The van der Waals surface area contributed by atoms with E-state index in [2.05, 4.69) is 130 Å². The summed E-state index contributed by atoms with van der Waals surface area (Å²) in [4.78, 5) is 38.3. The second-order valence-electron chi connectivity index (χ2n) is 21.3. The molecule has 0 N–H and O–H groups in total. The lowest BCUT2D eigenvalue weighted by Crippen LogP contribution is -2.30. The fourth-order valence-corrected chi connectivity index (χ4v) is 8.88. The van der Waals surface area contributed by atoms with Gasteiger partial charge in [-0.05, 0) is 128 Å². The van der Waals surface area contributed by atoms with Gasteiger partial charge in [-0.25, -0.2) is 0 Å². The van der Waals surface area contributed by atoms with Crippen molar-refractivity contribution in [2.24, 2.45) is 0 Å². The number of ether oxygens (including phenoxy) is 3. The molecule has 0 aromatic rings. The molecule has 0 amide bonds. The van der Waals surface area contributed by atoms with Gasteiger partial charge in [0.05, 0.1) is 0 Å². The lowest BCUT2D eigenvalue weighted by molar-refractivity contribution is -0.167. The van der Waals surface area contributed by atoms with Crippen LogP contribution in [0.15, 0.2) is 109 Å². The van der Waals surface area contributed by atoms with Crippen molar-refractivity contribution in [2.75, 3.05) is 13.2 Å². The Kier molecular flexibility index (Phi) is 61.3. The molecule has 77 heavy (non-hydrogen) atoms. The van der Waals surface area contributed by atoms with E-state index in [4.69, 9.17) is 14.2 Å². The van der Waals surface area contributed by atoms with E-state index >= 15 is 0 Å². The largest absolute Gasteiger partial charge is 0.462 e. The van der Waals surface area contributed by atoms with Crippen molar-refractivity contribution < 1.29 is 28.6 Å². The van der Waals surface area contributed by atoms with Gasteiger partial charge in [0.15, 0.2) is 6.10 Å². The lowest BCUT2D eigenvalue weighted by atomic mass is 10.0. The van der Waals surface area contributed by atoms with Gasteiger partial charge < -0.3 is 14.2 Å². The predicted octanol–water partition coefficient (Wildman–Crippen LogP) is 22.2. The van der Waals surface area contributed by atoms with Gasteiger partial charge in [-0.15, -0.1) is 0 Å². The molecule has 0 aliphatic carbocycles. The predicted molar refractivity (Wildman–Crippen MR) is 334 cm³/mol. The summed E-state index contributed by atoms with van der Waals surface area (Å²) < 4.78 is 16.9. The zero-order valence-corrected chi connectivity index (χ0v) is 50.4. The molecule has 0 saturated heterocycles. The third-order valence-electron chi connectivity index (χ3n) is 13.7. The van der Waals surface area contributed by atoms with Gasteiger partial charge in [0, 0.05) is 19.3 Å². The Morgan fingerprint density at radius 3 is 0.844 bits per heavy atom. The number of unbranched alkanes of at least 4 members (excludes halogenated alkanes) is 29. The van der Waals surface area contributed by atoms with Crippen LogP contribution < -0.4 is 0 Å². The number of rotatable bonds is 58. The summed E-state index contributed by atoms with van der Waals surface area (Å²) in [5, 5.41) is 0. The molecule has 1 unspecified atom stereocenters. The minimum absolute atomic E-state index is 0.0988. The normalized spacial score (nSPS) is 12.8. The number of hydrogen-bond acceptors (Lipinski definition) is 6. The smallest absolute Gasteiger partial charge is 0.306 e. The van der Waals surface area contributed by atoms with Gasteiger partial charge >= 0.3 is 17.9 Å². The first-order valence-corrected chi connectivity index (χ1v) is 32.4. The van der Waals surface area contributed by atoms with Crippen molar-refractivity contribution in [1.82, 2.24) is 0 Å². The number of allylic oxidation sites excluding steroid dienone is 18. The molecular weight excluding hydrogens is 949 g/mol. The quantitative estimate of drug-likeness (QED) is 0.0261. The summed E-state index contributed by atoms with van der Waals surface area (Å²) in [7, 11) is 0. The first-order chi connectivity index (χ1) is 38.0. The van der Waals surface area contributed by atoms with Crippen molar-refractivity contribution in [3.8, 4) is 0 Å². The molecule has 0 aromatic heterocycles. The average molecular weight is 1070 g/mol. The van der Waals surface area contributed by atoms with Crippen LogP contribution in [0.1, 0.15) is 303 Å². The Labute approximate surface area is 476 Å². The molecule has 0 aromatic carbocycles. The molecule has 0 rings (SSSR count). The van der Waals surface area contributed by atoms with E-state index in [9.17, 15) is 14.4 Å². The molecule has 0 bridgehead atoms. The Morgan fingerprint density at radius 1 is 0.273 bits per heavy atom. The van der Waals surface area contributed by atoms with Gasteiger partial charge in [0.25, 0.3) is 0 Å². The maximum absolute atomic E-state index is 12.9. The highest BCUT2D eigenvalue weighted by Crippen LogP contribution is 2.16. The zero-order valence-electron chi connectivity index (χ0n) is 50.4. The average Bonchev–Trinajstić information content (AvgIpc) is 3.43. The number of carbonyl (C=O) groups excluding carboxylic acids is 3. The van der Waals surface area contributed by atoms with Crippen LogP contribution in [0.25, 0.3) is 0 Å². The lowest BCUT2D eigenvalue weighted by Gasteiger charge is -2.18. The highest BCUT2D eigenvalue weighted by atomic mass is 16.6. The van der Waals surface area contributed by atoms with E-state index in [1.165, 1.54) is 148 Å². The third kappa shape index (κ3) is 62.8. The first kappa shape index (κ1) is 73.1. The third-order valence-corrected chi connectivity index (χ3v) is 13.7. The zero-order chi connectivity index (χ0) is 55.7. The van der Waals surface area contributed by atoms with Crippen molar-refractivity contribution in [1.29, 1.82) is 0 Å². The van der Waals surface area contributed by atoms with Gasteiger partial charge in [0.1, 0.15) is 13.2 Å². The van der Waals surface area contributed by atoms with Crippen LogP contribution in [0.2, 0.25) is 0 Å². The molecule has 0 fully saturated rings. The Balaban J connectivity index is 4.39. The summed E-state index contributed by atoms with van der Waals surface area (Å²) >= 11 is 0. The van der Waals surface area contributed by atoms with Gasteiger partial charge in [-0.3, -0.25) is 14.4 Å². The van der Waals surface area contributed by atoms with Crippen LogP contribution in [-0.2, 0) is 28.6 Å². The molecule has 440 valence electrons. The number of hydrogen-bond donors (Lipinski definition) is 0. The summed E-state index contributed by atoms with van der Waals surface area (Å²) in [5.41, 5.74) is 0. The van der Waals surface area contributed by atoms with Crippen LogP contribution >= 0.6 is 0 Å². The topological polar surface area (TPSA) is 78.9 Å². The summed E-state index contributed by atoms with van der Waals surface area (Å²) in [6, 6.07) is 0. The summed E-state index contributed by atoms with van der Waals surface area (Å²) in [5.74, 6) is -0.946. The molecule has 0 saturated carbocycles. The van der Waals surface area contributed by atoms with Crippen molar-refractivity contribution in [3.63, 3.8) is 0 Å². The van der Waals surface area contributed by atoms with Crippen LogP contribution in [0.5, 0.6) is 0 Å². The van der Waals surface area contributed by atoms with E-state index in [1.807, 2.05) is 0 Å². The van der Waals surface area contributed by atoms with Crippen LogP contribution in [-0.4, -0.2) is 37.2 Å². The Bertz CT molecular complexity index is 1560. The van der Waals surface area contributed by atoms with Crippen LogP contribution in [0, 0.1) is 0 Å². The van der Waals surface area contributed by atoms with Crippen LogP contribution in [0.3, 0.4) is 0 Å². The standard InChI is InChI=1S/C71H120O6/c1-4-7-10-13-16-19-22-25-27-29-31-33-34-35-36-38-39-41-43-46-49-52-55-58-61-64-70(73)76-67-68(66-75-69(72)63-60-57-54-51-48-45-24-21-18-15-12-9-6-3)77-71(74)65-62-59-56-53-50-47-44-42-40-37-32-30-28-26-23-20-17-14-11-8-5-2/h8,11,17,20-22,24-26,28-29,31-32,37,42,44,50,53,68H,4-7,9-10,12-16,18-19,23,27,30,33-36,38-41,43,45-49,51-52,54-67H2,1-3H3/b11-8-,20-17-,24-21-,25-22-,28-26-,31-29-,37-32-,44-42-,53-50-. The highest BCUT2D eigenvalue weighted by molar-refractivity contribution is 5.71. The summed E-state index contributed by atoms with van der Waals surface area (Å²) in [6.45, 7) is 6.48. The van der Waals surface area contributed by atoms with Crippen LogP contribution in [0.4, 0.5) is 0 Å². The Hall–Kier alpha value is -3.93. The van der Waals surface area contributed by atoms with E-state index in [1.54, 1.807) is 0 Å². The molecular formula is C71H120O6. The van der Waals surface area contributed by atoms with Crippen molar-refractivity contribution in [3.05, 3.63) is 109 Å².